The molecule has 1 saturated heterocycles. The number of urea groups is 1. The maximum atomic E-state index is 13.5. The fourth-order valence-electron chi connectivity index (χ4n) is 3.35. The van der Waals surface area contributed by atoms with E-state index >= 15 is 0 Å². The van der Waals surface area contributed by atoms with Crippen molar-refractivity contribution in [2.75, 3.05) is 25.0 Å². The highest BCUT2D eigenvalue weighted by atomic mass is 19.1. The Balaban J connectivity index is 1.82. The fourth-order valence-corrected chi connectivity index (χ4v) is 3.35. The van der Waals surface area contributed by atoms with Gasteiger partial charge in [-0.2, -0.15) is 0 Å². The number of nitrogens with one attached hydrogen (secondary N) is 2. The minimum Gasteiger partial charge on any atom is -0.334 e. The monoisotopic (exact) mass is 325 g/mol. The zero-order valence-electron chi connectivity index (χ0n) is 13.9. The van der Waals surface area contributed by atoms with Gasteiger partial charge < -0.3 is 15.5 Å². The number of anilines is 1. The van der Waals surface area contributed by atoms with Crippen LogP contribution in [0.15, 0.2) is 18.2 Å². The van der Waals surface area contributed by atoms with E-state index in [1.54, 1.807) is 0 Å². The van der Waals surface area contributed by atoms with Crippen molar-refractivity contribution in [3.8, 4) is 0 Å². The van der Waals surface area contributed by atoms with Crippen molar-refractivity contribution in [1.29, 1.82) is 0 Å². The molecule has 1 heterocycles. The maximum Gasteiger partial charge on any atom is 0.319 e. The van der Waals surface area contributed by atoms with Gasteiger partial charge in [-0.25, -0.2) is 13.6 Å². The van der Waals surface area contributed by atoms with Crippen LogP contribution in [0.4, 0.5) is 19.3 Å². The number of likely N-dealkylation sites (tertiary alicyclic amines) is 1. The van der Waals surface area contributed by atoms with Crippen molar-refractivity contribution in [2.45, 2.75) is 33.2 Å². The summed E-state index contributed by atoms with van der Waals surface area (Å²) in [5.74, 6) is -0.136. The van der Waals surface area contributed by atoms with E-state index in [0.29, 0.717) is 11.8 Å². The van der Waals surface area contributed by atoms with Crippen LogP contribution in [0.25, 0.3) is 0 Å². The quantitative estimate of drug-likeness (QED) is 0.890. The van der Waals surface area contributed by atoms with Gasteiger partial charge in [-0.05, 0) is 37.3 Å². The highest BCUT2D eigenvalue weighted by Crippen LogP contribution is 2.21. The third-order valence-corrected chi connectivity index (χ3v) is 4.03. The van der Waals surface area contributed by atoms with Crippen LogP contribution in [-0.4, -0.2) is 36.6 Å². The number of benzene rings is 1. The molecule has 3 atom stereocenters. The molecule has 2 rings (SSSR count). The molecule has 1 aliphatic heterocycles. The number of halogens is 2. The van der Waals surface area contributed by atoms with Crippen molar-refractivity contribution < 1.29 is 13.6 Å². The van der Waals surface area contributed by atoms with E-state index in [-0.39, 0.29) is 11.7 Å². The molecule has 0 aromatic heterocycles. The third-order valence-electron chi connectivity index (χ3n) is 4.03. The van der Waals surface area contributed by atoms with Crippen LogP contribution < -0.4 is 10.6 Å². The van der Waals surface area contributed by atoms with Gasteiger partial charge in [0, 0.05) is 31.7 Å². The molecule has 0 aliphatic carbocycles. The summed E-state index contributed by atoms with van der Waals surface area (Å²) in [5.41, 5.74) is -0.0312. The van der Waals surface area contributed by atoms with E-state index < -0.39 is 17.7 Å². The first-order chi connectivity index (χ1) is 10.8. The molecule has 0 saturated carbocycles. The normalized spacial score (nSPS) is 23.3. The van der Waals surface area contributed by atoms with E-state index in [1.165, 1.54) is 12.5 Å². The number of amides is 2. The summed E-state index contributed by atoms with van der Waals surface area (Å²) < 4.78 is 26.4. The number of hydrogen-bond acceptors (Lipinski definition) is 2. The van der Waals surface area contributed by atoms with Gasteiger partial charge in [-0.15, -0.1) is 0 Å². The fraction of sp³-hybridized carbons (Fsp3) is 0.588. The van der Waals surface area contributed by atoms with E-state index in [1.807, 2.05) is 6.92 Å². The number of piperidine rings is 1. The molecule has 23 heavy (non-hydrogen) atoms. The van der Waals surface area contributed by atoms with E-state index in [9.17, 15) is 13.6 Å². The van der Waals surface area contributed by atoms with Gasteiger partial charge in [0.05, 0.1) is 5.69 Å². The van der Waals surface area contributed by atoms with Crippen LogP contribution in [0.1, 0.15) is 27.2 Å². The summed E-state index contributed by atoms with van der Waals surface area (Å²) in [4.78, 5) is 14.3. The largest absolute Gasteiger partial charge is 0.334 e. The topological polar surface area (TPSA) is 44.4 Å². The van der Waals surface area contributed by atoms with Crippen molar-refractivity contribution in [3.63, 3.8) is 0 Å². The Hall–Kier alpha value is -1.69. The van der Waals surface area contributed by atoms with Gasteiger partial charge in [0.2, 0.25) is 0 Å². The van der Waals surface area contributed by atoms with Crippen LogP contribution in [0.5, 0.6) is 0 Å². The summed E-state index contributed by atoms with van der Waals surface area (Å²) in [5, 5.41) is 5.21. The lowest BCUT2D eigenvalue weighted by Gasteiger charge is -2.36. The van der Waals surface area contributed by atoms with Crippen molar-refractivity contribution in [2.24, 2.45) is 11.8 Å². The van der Waals surface area contributed by atoms with Crippen LogP contribution in [0, 0.1) is 23.5 Å². The predicted octanol–water partition coefficient (Wildman–Crippen LogP) is 3.45. The molecule has 2 amide bonds. The average Bonchev–Trinajstić information content (AvgIpc) is 2.40. The smallest absolute Gasteiger partial charge is 0.319 e. The zero-order chi connectivity index (χ0) is 17.0. The number of hydrogen-bond donors (Lipinski definition) is 2. The third kappa shape index (κ3) is 5.46. The van der Waals surface area contributed by atoms with Gasteiger partial charge >= 0.3 is 6.03 Å². The average molecular weight is 325 g/mol. The summed E-state index contributed by atoms with van der Waals surface area (Å²) in [6.45, 7) is 9.23. The number of rotatable bonds is 4. The lowest BCUT2D eigenvalue weighted by atomic mass is 9.92. The van der Waals surface area contributed by atoms with Crippen LogP contribution in [0.2, 0.25) is 0 Å². The molecular formula is C17H25F2N3O. The molecule has 2 N–H and O–H groups in total. The minimum atomic E-state index is -0.786. The first kappa shape index (κ1) is 17.7. The standard InChI is InChI=1S/C17H25F2N3O/c1-11-6-12(2)9-22(8-11)10-13(3)20-17(23)21-16-5-4-14(18)7-15(16)19/h4-5,7,11-13H,6,8-10H2,1-3H3,(H2,20,21,23)/t11-,12-,13-/m1/s1. The molecule has 1 aromatic rings. The van der Waals surface area contributed by atoms with Crippen molar-refractivity contribution in [1.82, 2.24) is 10.2 Å². The van der Waals surface area contributed by atoms with E-state index in [2.05, 4.69) is 29.4 Å². The summed E-state index contributed by atoms with van der Waals surface area (Å²) in [6.07, 6.45) is 1.24. The number of carbonyl (C=O) groups is 1. The molecule has 0 spiro atoms. The molecule has 4 nitrogen and oxygen atoms in total. The minimum absolute atomic E-state index is 0.0312. The maximum absolute atomic E-state index is 13.5. The molecule has 1 aromatic carbocycles. The van der Waals surface area contributed by atoms with E-state index in [4.69, 9.17) is 0 Å². The Bertz CT molecular complexity index is 543. The second kappa shape index (κ2) is 7.73. The SMILES string of the molecule is C[C@@H]1C[C@@H](C)CN(C[C@@H](C)NC(=O)Nc2ccc(F)cc2F)C1. The molecule has 0 radical (unpaired) electrons. The summed E-state index contributed by atoms with van der Waals surface area (Å²) >= 11 is 0. The van der Waals surface area contributed by atoms with Crippen molar-refractivity contribution >= 4 is 11.7 Å². The molecule has 1 aliphatic rings. The number of carbonyl (C=O) groups excluding carboxylic acids is 1. The predicted molar refractivity (Wildman–Crippen MR) is 87.4 cm³/mol. The highest BCUT2D eigenvalue weighted by molar-refractivity contribution is 5.89. The van der Waals surface area contributed by atoms with Crippen LogP contribution in [0.3, 0.4) is 0 Å². The Morgan fingerprint density at radius 1 is 1.30 bits per heavy atom. The second-order valence-corrected chi connectivity index (χ2v) is 6.79. The van der Waals surface area contributed by atoms with Crippen LogP contribution in [-0.2, 0) is 0 Å². The molecule has 6 heteroatoms. The lowest BCUT2D eigenvalue weighted by Crippen LogP contribution is -2.47. The van der Waals surface area contributed by atoms with Crippen LogP contribution >= 0.6 is 0 Å². The Labute approximate surface area is 136 Å². The van der Waals surface area contributed by atoms with E-state index in [0.717, 1.165) is 31.8 Å². The zero-order valence-corrected chi connectivity index (χ0v) is 13.9. The highest BCUT2D eigenvalue weighted by Gasteiger charge is 2.23. The van der Waals surface area contributed by atoms with Gasteiger partial charge in [0.25, 0.3) is 0 Å². The Morgan fingerprint density at radius 3 is 2.57 bits per heavy atom. The first-order valence-corrected chi connectivity index (χ1v) is 8.08. The molecule has 1 fully saturated rings. The second-order valence-electron chi connectivity index (χ2n) is 6.79. The Morgan fingerprint density at radius 2 is 1.96 bits per heavy atom. The van der Waals surface area contributed by atoms with Crippen molar-refractivity contribution in [3.05, 3.63) is 29.8 Å². The molecule has 0 bridgehead atoms. The number of nitrogens with zero attached hydrogens (tertiary/aromatic N) is 1. The first-order valence-electron chi connectivity index (χ1n) is 8.08. The van der Waals surface area contributed by atoms with Gasteiger partial charge in [0.1, 0.15) is 11.6 Å². The van der Waals surface area contributed by atoms with Gasteiger partial charge in [-0.3, -0.25) is 0 Å². The molecule has 128 valence electrons. The molecule has 0 unspecified atom stereocenters. The Kier molecular flexibility index (Phi) is 5.93. The summed E-state index contributed by atoms with van der Waals surface area (Å²) in [6, 6.07) is 2.52. The summed E-state index contributed by atoms with van der Waals surface area (Å²) in [7, 11) is 0. The van der Waals surface area contributed by atoms with Gasteiger partial charge in [-0.1, -0.05) is 13.8 Å². The molecular weight excluding hydrogens is 300 g/mol. The van der Waals surface area contributed by atoms with Gasteiger partial charge in [0.15, 0.2) is 0 Å². The lowest BCUT2D eigenvalue weighted by molar-refractivity contribution is 0.132.